The summed E-state index contributed by atoms with van der Waals surface area (Å²) in [5, 5.41) is 0. The number of anilines is 2. The van der Waals surface area contributed by atoms with E-state index in [9.17, 15) is 14.4 Å². The van der Waals surface area contributed by atoms with Crippen molar-refractivity contribution >= 4 is 17.4 Å². The quantitative estimate of drug-likeness (QED) is 0.429. The first-order chi connectivity index (χ1) is 16.9. The number of nitrogens with two attached hydrogens (primary N) is 1. The number of benzene rings is 2. The van der Waals surface area contributed by atoms with Gasteiger partial charge < -0.3 is 15.4 Å². The van der Waals surface area contributed by atoms with Gasteiger partial charge in [-0.25, -0.2) is 4.79 Å². The van der Waals surface area contributed by atoms with Gasteiger partial charge in [-0.15, -0.1) is 0 Å². The SMILES string of the molecule is CCCCN(C(=O)C(C)Oc1ccc(-c2ccccc2)cc1)c1c(N)n(CCCC)c(=O)[nH]c1=O. The first-order valence-corrected chi connectivity index (χ1v) is 12.1. The lowest BCUT2D eigenvalue weighted by Gasteiger charge is -2.27. The van der Waals surface area contributed by atoms with Gasteiger partial charge in [0.05, 0.1) is 0 Å². The highest BCUT2D eigenvalue weighted by atomic mass is 16.5. The third kappa shape index (κ3) is 6.20. The van der Waals surface area contributed by atoms with E-state index < -0.39 is 23.3 Å². The van der Waals surface area contributed by atoms with Crippen molar-refractivity contribution in [3.8, 4) is 16.9 Å². The Kier molecular flexibility index (Phi) is 8.89. The monoisotopic (exact) mass is 478 g/mol. The summed E-state index contributed by atoms with van der Waals surface area (Å²) in [5.74, 6) is 0.135. The molecular formula is C27H34N4O4. The zero-order chi connectivity index (χ0) is 25.4. The molecule has 1 unspecified atom stereocenters. The molecule has 0 aliphatic carbocycles. The molecule has 3 rings (SSSR count). The fraction of sp³-hybridized carbons (Fsp3) is 0.370. The number of hydrogen-bond acceptors (Lipinski definition) is 5. The minimum absolute atomic E-state index is 0.00364. The number of carbonyl (C=O) groups is 1. The molecule has 1 heterocycles. The van der Waals surface area contributed by atoms with E-state index in [1.54, 1.807) is 6.92 Å². The van der Waals surface area contributed by atoms with Gasteiger partial charge >= 0.3 is 5.69 Å². The second-order valence-corrected chi connectivity index (χ2v) is 8.49. The fourth-order valence-corrected chi connectivity index (χ4v) is 3.86. The number of ether oxygens (including phenoxy) is 1. The molecule has 0 aliphatic heterocycles. The maximum absolute atomic E-state index is 13.5. The van der Waals surface area contributed by atoms with Crippen molar-refractivity contribution in [2.75, 3.05) is 17.2 Å². The first-order valence-electron chi connectivity index (χ1n) is 12.1. The second kappa shape index (κ2) is 12.1. The molecule has 0 aliphatic rings. The maximum Gasteiger partial charge on any atom is 0.330 e. The van der Waals surface area contributed by atoms with Gasteiger partial charge in [-0.1, -0.05) is 69.2 Å². The van der Waals surface area contributed by atoms with E-state index in [1.807, 2.05) is 68.4 Å². The van der Waals surface area contributed by atoms with Crippen LogP contribution in [0.4, 0.5) is 11.5 Å². The number of amides is 1. The molecular weight excluding hydrogens is 444 g/mol. The van der Waals surface area contributed by atoms with Crippen molar-refractivity contribution in [2.24, 2.45) is 0 Å². The van der Waals surface area contributed by atoms with Crippen LogP contribution < -0.4 is 26.6 Å². The molecule has 0 radical (unpaired) electrons. The van der Waals surface area contributed by atoms with Crippen LogP contribution in [0, 0.1) is 0 Å². The van der Waals surface area contributed by atoms with Crippen molar-refractivity contribution in [3.63, 3.8) is 0 Å². The van der Waals surface area contributed by atoms with E-state index in [0.29, 0.717) is 18.7 Å². The van der Waals surface area contributed by atoms with Gasteiger partial charge in [-0.05, 0) is 43.0 Å². The van der Waals surface area contributed by atoms with Gasteiger partial charge in [0.25, 0.3) is 11.5 Å². The number of carbonyl (C=O) groups excluding carboxylic acids is 1. The van der Waals surface area contributed by atoms with Crippen LogP contribution in [0.25, 0.3) is 11.1 Å². The zero-order valence-electron chi connectivity index (χ0n) is 20.6. The summed E-state index contributed by atoms with van der Waals surface area (Å²) in [6.45, 7) is 6.28. The molecule has 1 amide bonds. The average molecular weight is 479 g/mol. The van der Waals surface area contributed by atoms with Crippen LogP contribution in [-0.4, -0.2) is 28.1 Å². The summed E-state index contributed by atoms with van der Waals surface area (Å²) < 4.78 is 7.25. The van der Waals surface area contributed by atoms with E-state index >= 15 is 0 Å². The Hall–Kier alpha value is -3.81. The van der Waals surface area contributed by atoms with E-state index in [1.165, 1.54) is 9.47 Å². The number of nitrogens with zero attached hydrogens (tertiary/aromatic N) is 2. The number of aromatic amines is 1. The van der Waals surface area contributed by atoms with Crippen molar-refractivity contribution in [2.45, 2.75) is 59.1 Å². The molecule has 2 aromatic carbocycles. The minimum Gasteiger partial charge on any atom is -0.481 e. The molecule has 0 spiro atoms. The molecule has 0 bridgehead atoms. The summed E-state index contributed by atoms with van der Waals surface area (Å²) in [6, 6.07) is 17.5. The van der Waals surface area contributed by atoms with Gasteiger partial charge in [0.15, 0.2) is 11.8 Å². The van der Waals surface area contributed by atoms with Gasteiger partial charge in [-0.2, -0.15) is 0 Å². The van der Waals surface area contributed by atoms with Crippen LogP contribution in [0.3, 0.4) is 0 Å². The normalized spacial score (nSPS) is 11.7. The van der Waals surface area contributed by atoms with Crippen LogP contribution in [0.5, 0.6) is 5.75 Å². The van der Waals surface area contributed by atoms with E-state index in [4.69, 9.17) is 10.5 Å². The Balaban J connectivity index is 1.86. The van der Waals surface area contributed by atoms with Crippen LogP contribution >= 0.6 is 0 Å². The summed E-state index contributed by atoms with van der Waals surface area (Å²) in [7, 11) is 0. The van der Waals surface area contributed by atoms with Crippen molar-refractivity contribution in [3.05, 3.63) is 75.4 Å². The van der Waals surface area contributed by atoms with E-state index in [2.05, 4.69) is 4.98 Å². The molecule has 0 saturated carbocycles. The molecule has 1 atom stereocenters. The van der Waals surface area contributed by atoms with Gasteiger partial charge in [0.1, 0.15) is 11.6 Å². The number of nitrogen functional groups attached to an aromatic ring is 1. The molecule has 0 saturated heterocycles. The van der Waals surface area contributed by atoms with Crippen LogP contribution in [0.2, 0.25) is 0 Å². The van der Waals surface area contributed by atoms with Gasteiger partial charge in [-0.3, -0.25) is 19.1 Å². The van der Waals surface area contributed by atoms with Crippen LogP contribution in [0.15, 0.2) is 64.2 Å². The molecule has 8 heteroatoms. The van der Waals surface area contributed by atoms with Crippen molar-refractivity contribution in [1.29, 1.82) is 0 Å². The highest BCUT2D eigenvalue weighted by Gasteiger charge is 2.28. The Morgan fingerprint density at radius 2 is 1.63 bits per heavy atom. The molecule has 35 heavy (non-hydrogen) atoms. The van der Waals surface area contributed by atoms with Crippen LogP contribution in [-0.2, 0) is 11.3 Å². The third-order valence-electron chi connectivity index (χ3n) is 5.84. The summed E-state index contributed by atoms with van der Waals surface area (Å²) in [6.07, 6.45) is 2.18. The fourth-order valence-electron chi connectivity index (χ4n) is 3.86. The lowest BCUT2D eigenvalue weighted by atomic mass is 10.1. The predicted octanol–water partition coefficient (Wildman–Crippen LogP) is 4.19. The number of rotatable bonds is 11. The smallest absolute Gasteiger partial charge is 0.330 e. The Morgan fingerprint density at radius 3 is 2.26 bits per heavy atom. The number of aromatic nitrogens is 2. The topological polar surface area (TPSA) is 110 Å². The van der Waals surface area contributed by atoms with E-state index in [0.717, 1.165) is 30.4 Å². The summed E-state index contributed by atoms with van der Waals surface area (Å²) >= 11 is 0. The number of H-pyrrole nitrogens is 1. The summed E-state index contributed by atoms with van der Waals surface area (Å²) in [5.41, 5.74) is 7.14. The second-order valence-electron chi connectivity index (χ2n) is 8.49. The largest absolute Gasteiger partial charge is 0.481 e. The third-order valence-corrected chi connectivity index (χ3v) is 5.84. The molecule has 1 aromatic heterocycles. The first kappa shape index (κ1) is 25.8. The summed E-state index contributed by atoms with van der Waals surface area (Å²) in [4.78, 5) is 42.2. The maximum atomic E-state index is 13.5. The molecule has 186 valence electrons. The highest BCUT2D eigenvalue weighted by Crippen LogP contribution is 2.24. The average Bonchev–Trinajstić information content (AvgIpc) is 2.86. The minimum atomic E-state index is -0.871. The molecule has 3 N–H and O–H groups in total. The highest BCUT2D eigenvalue weighted by molar-refractivity contribution is 5.98. The van der Waals surface area contributed by atoms with Gasteiger partial charge in [0, 0.05) is 13.1 Å². The number of hydrogen-bond donors (Lipinski definition) is 2. The number of unbranched alkanes of at least 4 members (excludes halogenated alkanes) is 2. The molecule has 8 nitrogen and oxygen atoms in total. The lowest BCUT2D eigenvalue weighted by Crippen LogP contribution is -2.46. The molecule has 0 fully saturated rings. The van der Waals surface area contributed by atoms with Crippen molar-refractivity contribution < 1.29 is 9.53 Å². The van der Waals surface area contributed by atoms with E-state index in [-0.39, 0.29) is 18.1 Å². The predicted molar refractivity (Wildman–Crippen MR) is 140 cm³/mol. The Morgan fingerprint density at radius 1 is 1.00 bits per heavy atom. The number of nitrogens with one attached hydrogen (secondary N) is 1. The lowest BCUT2D eigenvalue weighted by molar-refractivity contribution is -0.124. The Labute approximate surface area is 205 Å². The van der Waals surface area contributed by atoms with Gasteiger partial charge in [0.2, 0.25) is 0 Å². The zero-order valence-corrected chi connectivity index (χ0v) is 20.6. The molecule has 3 aromatic rings. The van der Waals surface area contributed by atoms with Crippen molar-refractivity contribution in [1.82, 2.24) is 9.55 Å². The Bertz CT molecular complexity index is 1230. The van der Waals surface area contributed by atoms with Crippen LogP contribution in [0.1, 0.15) is 46.5 Å². The standard InChI is InChI=1S/C27H34N4O4/c1-4-6-17-30(23-24(28)31(18-7-5-2)27(34)29-25(23)32)26(33)19(3)35-22-15-13-21(14-16-22)20-11-9-8-10-12-20/h8-16,19H,4-7,17-18,28H2,1-3H3,(H,29,32,34).